The molecular formula is C16H20N2O2. The van der Waals surface area contributed by atoms with Crippen LogP contribution in [0.3, 0.4) is 0 Å². The molecule has 0 spiro atoms. The summed E-state index contributed by atoms with van der Waals surface area (Å²) in [5, 5.41) is 2.30. The van der Waals surface area contributed by atoms with Gasteiger partial charge in [0.05, 0.1) is 12.5 Å². The zero-order valence-corrected chi connectivity index (χ0v) is 11.6. The fourth-order valence-electron chi connectivity index (χ4n) is 2.15. The van der Waals surface area contributed by atoms with Gasteiger partial charge in [-0.25, -0.2) is 0 Å². The number of hydrogen-bond acceptors (Lipinski definition) is 3. The van der Waals surface area contributed by atoms with Gasteiger partial charge in [-0.2, -0.15) is 0 Å². The predicted molar refractivity (Wildman–Crippen MR) is 80.6 cm³/mol. The van der Waals surface area contributed by atoms with Crippen LogP contribution in [0.2, 0.25) is 0 Å². The van der Waals surface area contributed by atoms with Crippen LogP contribution in [-0.4, -0.2) is 19.1 Å². The van der Waals surface area contributed by atoms with Gasteiger partial charge in [0.1, 0.15) is 5.75 Å². The molecule has 1 amide bonds. The summed E-state index contributed by atoms with van der Waals surface area (Å²) in [5.74, 6) is 0.112. The Morgan fingerprint density at radius 1 is 1.25 bits per heavy atom. The largest absolute Gasteiger partial charge is 0.492 e. The molecule has 0 saturated heterocycles. The topological polar surface area (TPSA) is 78.3 Å². The number of hydrogen-bond donors (Lipinski definition) is 2. The molecule has 4 heteroatoms. The van der Waals surface area contributed by atoms with Gasteiger partial charge < -0.3 is 16.2 Å². The average molecular weight is 272 g/mol. The van der Waals surface area contributed by atoms with Crippen molar-refractivity contribution in [3.05, 3.63) is 42.0 Å². The second-order valence-electron chi connectivity index (χ2n) is 4.92. The zero-order chi connectivity index (χ0) is 14.5. The molecule has 4 nitrogen and oxygen atoms in total. The molecule has 2 aromatic carbocycles. The van der Waals surface area contributed by atoms with E-state index in [0.717, 1.165) is 28.5 Å². The van der Waals surface area contributed by atoms with Crippen molar-refractivity contribution in [3.63, 3.8) is 0 Å². The third-order valence-electron chi connectivity index (χ3n) is 3.37. The molecule has 2 rings (SSSR count). The van der Waals surface area contributed by atoms with E-state index in [0.29, 0.717) is 6.54 Å². The van der Waals surface area contributed by atoms with E-state index in [9.17, 15) is 4.79 Å². The Kier molecular flexibility index (Phi) is 4.58. The second-order valence-corrected chi connectivity index (χ2v) is 4.92. The molecular weight excluding hydrogens is 252 g/mol. The highest BCUT2D eigenvalue weighted by atomic mass is 16.5. The van der Waals surface area contributed by atoms with Gasteiger partial charge in [-0.3, -0.25) is 4.79 Å². The Labute approximate surface area is 118 Å². The molecule has 20 heavy (non-hydrogen) atoms. The minimum atomic E-state index is -0.355. The van der Waals surface area contributed by atoms with Gasteiger partial charge in [-0.1, -0.05) is 37.3 Å². The average Bonchev–Trinajstić information content (AvgIpc) is 2.46. The molecule has 4 N–H and O–H groups in total. The summed E-state index contributed by atoms with van der Waals surface area (Å²) in [6.45, 7) is 2.59. The van der Waals surface area contributed by atoms with Crippen molar-refractivity contribution in [2.45, 2.75) is 13.3 Å². The van der Waals surface area contributed by atoms with Gasteiger partial charge >= 0.3 is 0 Å². The molecule has 1 atom stereocenters. The summed E-state index contributed by atoms with van der Waals surface area (Å²) in [6.07, 6.45) is 0.738. The van der Waals surface area contributed by atoms with Crippen molar-refractivity contribution in [2.75, 3.05) is 13.2 Å². The molecule has 1 unspecified atom stereocenters. The predicted octanol–water partition coefficient (Wildman–Crippen LogP) is 1.84. The lowest BCUT2D eigenvalue weighted by atomic mass is 10.0. The Balaban J connectivity index is 2.32. The highest BCUT2D eigenvalue weighted by molar-refractivity contribution is 5.87. The minimum absolute atomic E-state index is 0.283. The number of benzene rings is 2. The van der Waals surface area contributed by atoms with Gasteiger partial charge in [0.2, 0.25) is 5.91 Å². The van der Waals surface area contributed by atoms with Gasteiger partial charge in [0.15, 0.2) is 0 Å². The molecule has 0 bridgehead atoms. The fourth-order valence-corrected chi connectivity index (χ4v) is 2.15. The zero-order valence-electron chi connectivity index (χ0n) is 11.6. The van der Waals surface area contributed by atoms with Crippen molar-refractivity contribution in [3.8, 4) is 5.75 Å². The quantitative estimate of drug-likeness (QED) is 0.842. The highest BCUT2D eigenvalue weighted by Gasteiger charge is 2.12. The summed E-state index contributed by atoms with van der Waals surface area (Å²) in [4.78, 5) is 11.1. The Morgan fingerprint density at radius 3 is 2.70 bits per heavy atom. The summed E-state index contributed by atoms with van der Waals surface area (Å²) in [5.41, 5.74) is 12.0. The Hall–Kier alpha value is -2.07. The van der Waals surface area contributed by atoms with Gasteiger partial charge in [0, 0.05) is 5.56 Å². The van der Waals surface area contributed by atoms with Crippen LogP contribution < -0.4 is 16.2 Å². The van der Waals surface area contributed by atoms with Crippen LogP contribution in [0.4, 0.5) is 0 Å². The number of nitrogens with two attached hydrogens (primary N) is 2. The Morgan fingerprint density at radius 2 is 2.00 bits per heavy atom. The number of carbonyl (C=O) groups is 1. The molecule has 2 aromatic rings. The molecule has 0 fully saturated rings. The maximum absolute atomic E-state index is 11.1. The maximum atomic E-state index is 11.1. The first-order valence-corrected chi connectivity index (χ1v) is 6.76. The summed E-state index contributed by atoms with van der Waals surface area (Å²) in [7, 11) is 0. The normalized spacial score (nSPS) is 12.3. The maximum Gasteiger partial charge on any atom is 0.223 e. The van der Waals surface area contributed by atoms with E-state index in [1.54, 1.807) is 6.92 Å². The van der Waals surface area contributed by atoms with E-state index >= 15 is 0 Å². The van der Waals surface area contributed by atoms with Crippen LogP contribution in [0.1, 0.15) is 12.5 Å². The molecule has 0 saturated carbocycles. The second kappa shape index (κ2) is 6.39. The van der Waals surface area contributed by atoms with Gasteiger partial charge in [-0.05, 0) is 29.8 Å². The van der Waals surface area contributed by atoms with E-state index in [-0.39, 0.29) is 18.4 Å². The SMILES string of the molecule is CC(COc1ccc2ccccc2c1CCN)C(N)=O. The lowest BCUT2D eigenvalue weighted by molar-refractivity contribution is -0.122. The number of ether oxygens (including phenoxy) is 1. The molecule has 0 aliphatic carbocycles. The van der Waals surface area contributed by atoms with Gasteiger partial charge in [0.25, 0.3) is 0 Å². The van der Waals surface area contributed by atoms with Crippen LogP contribution in [0, 0.1) is 5.92 Å². The van der Waals surface area contributed by atoms with Crippen molar-refractivity contribution < 1.29 is 9.53 Å². The highest BCUT2D eigenvalue weighted by Crippen LogP contribution is 2.28. The van der Waals surface area contributed by atoms with E-state index in [1.165, 1.54) is 0 Å². The van der Waals surface area contributed by atoms with E-state index < -0.39 is 0 Å². The van der Waals surface area contributed by atoms with Crippen molar-refractivity contribution in [2.24, 2.45) is 17.4 Å². The smallest absolute Gasteiger partial charge is 0.223 e. The number of rotatable bonds is 6. The third-order valence-corrected chi connectivity index (χ3v) is 3.37. The molecule has 0 heterocycles. The monoisotopic (exact) mass is 272 g/mol. The minimum Gasteiger partial charge on any atom is -0.492 e. The summed E-state index contributed by atoms with van der Waals surface area (Å²) in [6, 6.07) is 12.1. The summed E-state index contributed by atoms with van der Waals surface area (Å²) < 4.78 is 5.76. The first-order chi connectivity index (χ1) is 9.63. The molecule has 0 aliphatic rings. The molecule has 106 valence electrons. The number of amides is 1. The van der Waals surface area contributed by atoms with Gasteiger partial charge in [-0.15, -0.1) is 0 Å². The molecule has 0 aromatic heterocycles. The van der Waals surface area contributed by atoms with Crippen LogP contribution >= 0.6 is 0 Å². The lowest BCUT2D eigenvalue weighted by Gasteiger charge is -2.15. The van der Waals surface area contributed by atoms with Crippen LogP contribution in [0.25, 0.3) is 10.8 Å². The van der Waals surface area contributed by atoms with Crippen molar-refractivity contribution >= 4 is 16.7 Å². The van der Waals surface area contributed by atoms with Crippen molar-refractivity contribution in [1.29, 1.82) is 0 Å². The van der Waals surface area contributed by atoms with Crippen LogP contribution in [0.5, 0.6) is 5.75 Å². The lowest BCUT2D eigenvalue weighted by Crippen LogP contribution is -2.26. The van der Waals surface area contributed by atoms with E-state index in [2.05, 4.69) is 12.1 Å². The number of primary amides is 1. The molecule has 0 radical (unpaired) electrons. The van der Waals surface area contributed by atoms with Crippen LogP contribution in [0.15, 0.2) is 36.4 Å². The van der Waals surface area contributed by atoms with Crippen LogP contribution in [-0.2, 0) is 11.2 Å². The van der Waals surface area contributed by atoms with E-state index in [1.807, 2.05) is 24.3 Å². The first-order valence-electron chi connectivity index (χ1n) is 6.76. The number of fused-ring (bicyclic) bond motifs is 1. The van der Waals surface area contributed by atoms with E-state index in [4.69, 9.17) is 16.2 Å². The fraction of sp³-hybridized carbons (Fsp3) is 0.312. The summed E-state index contributed by atoms with van der Waals surface area (Å²) >= 11 is 0. The number of carbonyl (C=O) groups excluding carboxylic acids is 1. The van der Waals surface area contributed by atoms with Crippen molar-refractivity contribution in [1.82, 2.24) is 0 Å². The molecule has 0 aliphatic heterocycles. The Bertz CT molecular complexity index is 610. The standard InChI is InChI=1S/C16H20N2O2/c1-11(16(18)19)10-20-15-7-6-12-4-2-3-5-13(12)14(15)8-9-17/h2-7,11H,8-10,17H2,1H3,(H2,18,19). The third kappa shape index (κ3) is 3.08. The first kappa shape index (κ1) is 14.3.